The maximum Gasteiger partial charge on any atom is 0.133 e. The third-order valence-corrected chi connectivity index (χ3v) is 3.39. The quantitative estimate of drug-likeness (QED) is 0.710. The molecule has 0 saturated carbocycles. The predicted molar refractivity (Wildman–Crippen MR) is 87.0 cm³/mol. The molecule has 0 spiro atoms. The average molecular weight is 293 g/mol. The Kier molecular flexibility index (Phi) is 4.05. The van der Waals surface area contributed by atoms with Crippen LogP contribution in [0.5, 0.6) is 5.75 Å². The van der Waals surface area contributed by atoms with Gasteiger partial charge in [0.2, 0.25) is 0 Å². The number of nitrogens with two attached hydrogens (primary N) is 1. The number of halogens is 1. The van der Waals surface area contributed by atoms with E-state index in [9.17, 15) is 4.39 Å². The summed E-state index contributed by atoms with van der Waals surface area (Å²) in [5.74, 6) is 0.373. The van der Waals surface area contributed by atoms with Gasteiger partial charge in [-0.3, -0.25) is 0 Å². The Bertz CT molecular complexity index is 771. The molecule has 22 heavy (non-hydrogen) atoms. The van der Waals surface area contributed by atoms with Gasteiger partial charge in [-0.1, -0.05) is 42.5 Å². The molecule has 2 N–H and O–H groups in total. The predicted octanol–water partition coefficient (Wildman–Crippen LogP) is 4.65. The lowest BCUT2D eigenvalue weighted by Crippen LogP contribution is -1.95. The minimum atomic E-state index is -0.333. The van der Waals surface area contributed by atoms with Crippen molar-refractivity contribution < 1.29 is 9.13 Å². The molecular formula is C19H16FNO. The van der Waals surface area contributed by atoms with Crippen molar-refractivity contribution in [3.8, 4) is 16.9 Å². The van der Waals surface area contributed by atoms with Crippen LogP contribution in [-0.2, 0) is 6.61 Å². The van der Waals surface area contributed by atoms with Crippen molar-refractivity contribution in [3.05, 3.63) is 84.2 Å². The average Bonchev–Trinajstić information content (AvgIpc) is 2.54. The van der Waals surface area contributed by atoms with Crippen molar-refractivity contribution in [1.29, 1.82) is 0 Å². The standard InChI is InChI=1S/C19H16FNO/c20-19-12-16(21)9-10-18(19)15-7-4-8-17(11-15)22-13-14-5-2-1-3-6-14/h1-12H,13,21H2. The van der Waals surface area contributed by atoms with Gasteiger partial charge in [0.05, 0.1) is 0 Å². The van der Waals surface area contributed by atoms with Gasteiger partial charge < -0.3 is 10.5 Å². The number of ether oxygens (including phenoxy) is 1. The summed E-state index contributed by atoms with van der Waals surface area (Å²) in [5.41, 5.74) is 8.37. The third kappa shape index (κ3) is 3.26. The molecule has 3 aromatic carbocycles. The van der Waals surface area contributed by atoms with Crippen molar-refractivity contribution in [2.45, 2.75) is 6.61 Å². The molecule has 2 nitrogen and oxygen atoms in total. The summed E-state index contributed by atoms with van der Waals surface area (Å²) in [7, 11) is 0. The highest BCUT2D eigenvalue weighted by molar-refractivity contribution is 5.67. The zero-order valence-electron chi connectivity index (χ0n) is 12.0. The first-order valence-electron chi connectivity index (χ1n) is 7.04. The number of hydrogen-bond donors (Lipinski definition) is 1. The lowest BCUT2D eigenvalue weighted by molar-refractivity contribution is 0.306. The molecule has 0 amide bonds. The molecule has 0 radical (unpaired) electrons. The van der Waals surface area contributed by atoms with Crippen LogP contribution in [0.2, 0.25) is 0 Å². The number of rotatable bonds is 4. The Balaban J connectivity index is 1.80. The van der Waals surface area contributed by atoms with Crippen LogP contribution in [0.25, 0.3) is 11.1 Å². The lowest BCUT2D eigenvalue weighted by atomic mass is 10.0. The molecule has 0 bridgehead atoms. The van der Waals surface area contributed by atoms with Crippen molar-refractivity contribution in [2.75, 3.05) is 5.73 Å². The van der Waals surface area contributed by atoms with Gasteiger partial charge in [-0.2, -0.15) is 0 Å². The summed E-state index contributed by atoms with van der Waals surface area (Å²) < 4.78 is 19.8. The zero-order valence-corrected chi connectivity index (χ0v) is 12.0. The Morgan fingerprint density at radius 1 is 0.864 bits per heavy atom. The summed E-state index contributed by atoms with van der Waals surface area (Å²) in [5, 5.41) is 0. The van der Waals surface area contributed by atoms with E-state index >= 15 is 0 Å². The van der Waals surface area contributed by atoms with E-state index in [0.29, 0.717) is 23.6 Å². The monoisotopic (exact) mass is 293 g/mol. The minimum absolute atomic E-state index is 0.333. The second kappa shape index (κ2) is 6.31. The molecule has 0 aliphatic carbocycles. The van der Waals surface area contributed by atoms with Crippen LogP contribution in [0, 0.1) is 5.82 Å². The fourth-order valence-corrected chi connectivity index (χ4v) is 2.26. The minimum Gasteiger partial charge on any atom is -0.489 e. The van der Waals surface area contributed by atoms with E-state index in [1.807, 2.05) is 54.6 Å². The fraction of sp³-hybridized carbons (Fsp3) is 0.0526. The first kappa shape index (κ1) is 14.1. The largest absolute Gasteiger partial charge is 0.489 e. The van der Waals surface area contributed by atoms with Crippen molar-refractivity contribution in [3.63, 3.8) is 0 Å². The molecule has 0 unspecified atom stereocenters. The summed E-state index contributed by atoms with van der Waals surface area (Å²) >= 11 is 0. The Morgan fingerprint density at radius 3 is 2.45 bits per heavy atom. The van der Waals surface area contributed by atoms with Crippen LogP contribution < -0.4 is 10.5 Å². The molecule has 110 valence electrons. The number of hydrogen-bond acceptors (Lipinski definition) is 2. The maximum atomic E-state index is 14.0. The molecule has 0 aliphatic rings. The van der Waals surface area contributed by atoms with E-state index in [0.717, 1.165) is 11.1 Å². The van der Waals surface area contributed by atoms with Gasteiger partial charge in [-0.15, -0.1) is 0 Å². The zero-order chi connectivity index (χ0) is 15.4. The fourth-order valence-electron chi connectivity index (χ4n) is 2.26. The first-order chi connectivity index (χ1) is 10.7. The number of anilines is 1. The summed E-state index contributed by atoms with van der Waals surface area (Å²) in [6.07, 6.45) is 0. The van der Waals surface area contributed by atoms with Crippen molar-refractivity contribution in [2.24, 2.45) is 0 Å². The van der Waals surface area contributed by atoms with Gasteiger partial charge in [-0.05, 0) is 41.5 Å². The van der Waals surface area contributed by atoms with Gasteiger partial charge >= 0.3 is 0 Å². The Hall–Kier alpha value is -2.81. The Morgan fingerprint density at radius 2 is 1.68 bits per heavy atom. The molecular weight excluding hydrogens is 277 g/mol. The first-order valence-corrected chi connectivity index (χ1v) is 7.04. The topological polar surface area (TPSA) is 35.2 Å². The highest BCUT2D eigenvalue weighted by Crippen LogP contribution is 2.27. The maximum absolute atomic E-state index is 14.0. The van der Waals surface area contributed by atoms with Crippen molar-refractivity contribution >= 4 is 5.69 Å². The van der Waals surface area contributed by atoms with E-state index in [1.54, 1.807) is 12.1 Å². The smallest absolute Gasteiger partial charge is 0.133 e. The van der Waals surface area contributed by atoms with Gasteiger partial charge in [0.25, 0.3) is 0 Å². The van der Waals surface area contributed by atoms with E-state index in [2.05, 4.69) is 0 Å². The molecule has 3 rings (SSSR count). The van der Waals surface area contributed by atoms with E-state index < -0.39 is 0 Å². The van der Waals surface area contributed by atoms with Crippen LogP contribution in [0.4, 0.5) is 10.1 Å². The van der Waals surface area contributed by atoms with E-state index in [4.69, 9.17) is 10.5 Å². The third-order valence-electron chi connectivity index (χ3n) is 3.39. The molecule has 0 aliphatic heterocycles. The highest BCUT2D eigenvalue weighted by Gasteiger charge is 2.06. The number of benzene rings is 3. The van der Waals surface area contributed by atoms with Crippen LogP contribution >= 0.6 is 0 Å². The Labute approximate surface area is 129 Å². The van der Waals surface area contributed by atoms with Crippen LogP contribution in [0.1, 0.15) is 5.56 Å². The molecule has 0 fully saturated rings. The van der Waals surface area contributed by atoms with Gasteiger partial charge in [-0.25, -0.2) is 4.39 Å². The van der Waals surface area contributed by atoms with Crippen LogP contribution in [0.15, 0.2) is 72.8 Å². The molecule has 3 heteroatoms. The highest BCUT2D eigenvalue weighted by atomic mass is 19.1. The van der Waals surface area contributed by atoms with Crippen molar-refractivity contribution in [1.82, 2.24) is 0 Å². The summed E-state index contributed by atoms with van der Waals surface area (Å²) in [4.78, 5) is 0. The SMILES string of the molecule is Nc1ccc(-c2cccc(OCc3ccccc3)c2)c(F)c1. The molecule has 0 atom stereocenters. The summed E-state index contributed by atoms with van der Waals surface area (Å²) in [6, 6.07) is 22.0. The second-order valence-electron chi connectivity index (χ2n) is 5.04. The van der Waals surface area contributed by atoms with Crippen LogP contribution in [-0.4, -0.2) is 0 Å². The normalized spacial score (nSPS) is 10.4. The molecule has 0 saturated heterocycles. The molecule has 0 aromatic heterocycles. The second-order valence-corrected chi connectivity index (χ2v) is 5.04. The molecule has 3 aromatic rings. The lowest BCUT2D eigenvalue weighted by Gasteiger charge is -2.09. The summed E-state index contributed by atoms with van der Waals surface area (Å²) in [6.45, 7) is 0.481. The van der Waals surface area contributed by atoms with Gasteiger partial charge in [0.15, 0.2) is 0 Å². The van der Waals surface area contributed by atoms with E-state index in [1.165, 1.54) is 6.07 Å². The van der Waals surface area contributed by atoms with E-state index in [-0.39, 0.29) is 5.82 Å². The van der Waals surface area contributed by atoms with Crippen LogP contribution in [0.3, 0.4) is 0 Å². The van der Waals surface area contributed by atoms with Gasteiger partial charge in [0, 0.05) is 11.3 Å². The number of nitrogen functional groups attached to an aromatic ring is 1. The van der Waals surface area contributed by atoms with Gasteiger partial charge in [0.1, 0.15) is 18.2 Å². The molecule has 0 heterocycles.